The van der Waals surface area contributed by atoms with Crippen LogP contribution >= 0.6 is 0 Å². The standard InChI is InChI=1S/C46H54N10O5/c1-45(2)43(46(3,4)44(45)61-36-12-7-29(25-47)39-33(36)6-5-17-48-39)50-40(58)34-10-13-37(52-51-34)55-18-15-28(16-19-55)26-53-20-22-54(23-21-53)31-8-9-32-30(24-31)27-56(42(32)60)35-11-14-38(57)49-41(35)59/h5-10,12-13,17,24,28,35,42-44,60H,11,14-16,18-23,26-27H2,1-4H3,(H,50,58)(H,49,57,59)/t35-,42?,43-,44-/m0/s1. The van der Waals surface area contributed by atoms with Crippen LogP contribution in [0.5, 0.6) is 5.75 Å². The minimum Gasteiger partial charge on any atom is -0.488 e. The Morgan fingerprint density at radius 2 is 1.72 bits per heavy atom. The summed E-state index contributed by atoms with van der Waals surface area (Å²) in [5.74, 6) is 1.20. The number of ether oxygens (including phenoxy) is 1. The number of carbonyl (C=O) groups excluding carboxylic acids is 3. The van der Waals surface area contributed by atoms with Gasteiger partial charge in [-0.3, -0.25) is 34.5 Å². The van der Waals surface area contributed by atoms with Gasteiger partial charge >= 0.3 is 0 Å². The molecule has 3 amide bonds. The molecule has 4 aliphatic heterocycles. The van der Waals surface area contributed by atoms with Crippen LogP contribution in [0.25, 0.3) is 10.9 Å². The Kier molecular flexibility index (Phi) is 10.7. The highest BCUT2D eigenvalue weighted by atomic mass is 16.5. The zero-order chi connectivity index (χ0) is 42.6. The summed E-state index contributed by atoms with van der Waals surface area (Å²) in [6, 6.07) is 18.7. The number of anilines is 2. The molecule has 2 atom stereocenters. The topological polar surface area (TPSA) is 180 Å². The van der Waals surface area contributed by atoms with Gasteiger partial charge in [0.2, 0.25) is 11.8 Å². The molecule has 5 aliphatic rings. The van der Waals surface area contributed by atoms with E-state index in [0.717, 1.165) is 86.7 Å². The highest BCUT2D eigenvalue weighted by molar-refractivity contribution is 6.00. The number of imide groups is 1. The van der Waals surface area contributed by atoms with E-state index in [-0.39, 0.29) is 42.0 Å². The number of hydrogen-bond donors (Lipinski definition) is 3. The predicted octanol–water partition coefficient (Wildman–Crippen LogP) is 4.16. The lowest BCUT2D eigenvalue weighted by Gasteiger charge is -2.63. The Balaban J connectivity index is 0.733. The number of aliphatic hydroxyl groups is 1. The number of nitriles is 1. The van der Waals surface area contributed by atoms with Crippen molar-refractivity contribution in [2.24, 2.45) is 16.7 Å². The van der Waals surface area contributed by atoms with Crippen LogP contribution in [0.1, 0.15) is 86.8 Å². The van der Waals surface area contributed by atoms with E-state index in [1.165, 1.54) is 0 Å². The molecule has 3 saturated heterocycles. The van der Waals surface area contributed by atoms with Gasteiger partial charge in [-0.15, -0.1) is 10.2 Å². The van der Waals surface area contributed by atoms with Crippen molar-refractivity contribution in [1.29, 1.82) is 5.26 Å². The van der Waals surface area contributed by atoms with Crippen molar-refractivity contribution in [3.63, 3.8) is 0 Å². The van der Waals surface area contributed by atoms with E-state index in [9.17, 15) is 24.8 Å². The smallest absolute Gasteiger partial charge is 0.272 e. The van der Waals surface area contributed by atoms with Crippen LogP contribution in [-0.2, 0) is 16.1 Å². The summed E-state index contributed by atoms with van der Waals surface area (Å²) < 4.78 is 6.64. The molecule has 6 heterocycles. The van der Waals surface area contributed by atoms with Gasteiger partial charge < -0.3 is 25.0 Å². The van der Waals surface area contributed by atoms with E-state index in [2.05, 4.69) is 86.4 Å². The molecule has 318 valence electrons. The Morgan fingerprint density at radius 3 is 2.43 bits per heavy atom. The molecule has 0 spiro atoms. The molecule has 61 heavy (non-hydrogen) atoms. The Hall–Kier alpha value is -5.69. The number of piperidine rings is 2. The molecular formula is C46H54N10O5. The van der Waals surface area contributed by atoms with Crippen LogP contribution in [0.2, 0.25) is 0 Å². The largest absolute Gasteiger partial charge is 0.488 e. The molecule has 15 nitrogen and oxygen atoms in total. The number of piperazine rings is 1. The van der Waals surface area contributed by atoms with E-state index in [1.54, 1.807) is 23.2 Å². The lowest BCUT2D eigenvalue weighted by Crippen LogP contribution is -2.74. The van der Waals surface area contributed by atoms with Gasteiger partial charge in [0.15, 0.2) is 11.5 Å². The molecule has 9 rings (SSSR count). The molecule has 4 aromatic rings. The van der Waals surface area contributed by atoms with Gasteiger partial charge in [0.05, 0.1) is 17.1 Å². The molecular weight excluding hydrogens is 773 g/mol. The highest BCUT2D eigenvalue weighted by Gasteiger charge is 2.64. The zero-order valence-corrected chi connectivity index (χ0v) is 35.3. The number of rotatable bonds is 9. The zero-order valence-electron chi connectivity index (χ0n) is 35.3. The average Bonchev–Trinajstić information content (AvgIpc) is 3.59. The first-order chi connectivity index (χ1) is 29.3. The number of pyridine rings is 1. The van der Waals surface area contributed by atoms with Gasteiger partial charge in [0.25, 0.3) is 5.91 Å². The normalized spacial score (nSPS) is 25.4. The lowest BCUT2D eigenvalue weighted by atomic mass is 9.49. The summed E-state index contributed by atoms with van der Waals surface area (Å²) in [5.41, 5.74) is 3.60. The number of aromatic nitrogens is 3. The number of carbonyl (C=O) groups is 3. The summed E-state index contributed by atoms with van der Waals surface area (Å²) in [7, 11) is 0. The Labute approximate surface area is 356 Å². The van der Waals surface area contributed by atoms with Gasteiger partial charge in [-0.2, -0.15) is 5.26 Å². The molecule has 3 N–H and O–H groups in total. The van der Waals surface area contributed by atoms with Crippen LogP contribution < -0.4 is 25.2 Å². The summed E-state index contributed by atoms with van der Waals surface area (Å²) in [6.07, 6.45) is 3.44. The number of aliphatic hydroxyl groups excluding tert-OH is 1. The number of fused-ring (bicyclic) bond motifs is 2. The van der Waals surface area contributed by atoms with E-state index in [1.807, 2.05) is 30.3 Å². The predicted molar refractivity (Wildman–Crippen MR) is 228 cm³/mol. The molecule has 1 aliphatic carbocycles. The van der Waals surface area contributed by atoms with Crippen molar-refractivity contribution in [1.82, 2.24) is 35.6 Å². The molecule has 2 aromatic carbocycles. The fourth-order valence-corrected chi connectivity index (χ4v) is 10.9. The molecule has 15 heteroatoms. The molecule has 2 aromatic heterocycles. The van der Waals surface area contributed by atoms with Gasteiger partial charge in [0, 0.05) is 98.5 Å². The number of nitrogens with one attached hydrogen (secondary N) is 2. The van der Waals surface area contributed by atoms with E-state index >= 15 is 0 Å². The maximum Gasteiger partial charge on any atom is 0.272 e. The van der Waals surface area contributed by atoms with Crippen LogP contribution in [0.3, 0.4) is 0 Å². The monoisotopic (exact) mass is 826 g/mol. The first-order valence-corrected chi connectivity index (χ1v) is 21.5. The van der Waals surface area contributed by atoms with Gasteiger partial charge in [0.1, 0.15) is 24.2 Å². The Morgan fingerprint density at radius 1 is 0.951 bits per heavy atom. The quantitative estimate of drug-likeness (QED) is 0.205. The fraction of sp³-hybridized carbons (Fsp3) is 0.500. The molecule has 1 saturated carbocycles. The second-order valence-corrected chi connectivity index (χ2v) is 18.6. The molecule has 0 bridgehead atoms. The van der Waals surface area contributed by atoms with Crippen molar-refractivity contribution in [2.45, 2.75) is 84.3 Å². The van der Waals surface area contributed by atoms with E-state index < -0.39 is 23.1 Å². The van der Waals surface area contributed by atoms with Crippen LogP contribution in [0.4, 0.5) is 11.5 Å². The minimum absolute atomic E-state index is 0.183. The van der Waals surface area contributed by atoms with Gasteiger partial charge in [-0.25, -0.2) is 0 Å². The summed E-state index contributed by atoms with van der Waals surface area (Å²) in [6.45, 7) is 15.5. The minimum atomic E-state index is -0.855. The molecule has 0 radical (unpaired) electrons. The van der Waals surface area contributed by atoms with Crippen molar-refractivity contribution in [3.05, 3.63) is 83.2 Å². The van der Waals surface area contributed by atoms with Crippen LogP contribution in [0.15, 0.2) is 60.8 Å². The van der Waals surface area contributed by atoms with Gasteiger partial charge in [-0.05, 0) is 79.3 Å². The SMILES string of the molecule is CC1(C)[C@H](NC(=O)c2ccc(N3CCC(CN4CCN(c5ccc6c(c5)CN([C@H]5CCC(=O)NC5=O)C6O)CC4)CC3)nn2)C(C)(C)[C@H]1Oc1ccc(C#N)c2ncccc12. The highest BCUT2D eigenvalue weighted by Crippen LogP contribution is 2.56. The first-order valence-electron chi connectivity index (χ1n) is 21.5. The second kappa shape index (κ2) is 16.0. The summed E-state index contributed by atoms with van der Waals surface area (Å²) in [5, 5.41) is 35.9. The lowest BCUT2D eigenvalue weighted by molar-refractivity contribution is -0.163. The van der Waals surface area contributed by atoms with Crippen molar-refractivity contribution in [3.8, 4) is 11.8 Å². The molecule has 1 unspecified atom stereocenters. The number of hydrogen-bond acceptors (Lipinski definition) is 13. The third-order valence-corrected chi connectivity index (χ3v) is 14.0. The van der Waals surface area contributed by atoms with E-state index in [0.29, 0.717) is 35.7 Å². The second-order valence-electron chi connectivity index (χ2n) is 18.6. The van der Waals surface area contributed by atoms with Crippen LogP contribution in [-0.4, -0.2) is 112 Å². The van der Waals surface area contributed by atoms with Gasteiger partial charge in [-0.1, -0.05) is 33.8 Å². The Bertz CT molecular complexity index is 2370. The van der Waals surface area contributed by atoms with Crippen LogP contribution in [0, 0.1) is 28.1 Å². The third kappa shape index (κ3) is 7.55. The first kappa shape index (κ1) is 40.7. The molecule has 4 fully saturated rings. The average molecular weight is 827 g/mol. The number of benzene rings is 2. The van der Waals surface area contributed by atoms with E-state index in [4.69, 9.17) is 4.74 Å². The number of nitrogens with zero attached hydrogens (tertiary/aromatic N) is 8. The summed E-state index contributed by atoms with van der Waals surface area (Å²) in [4.78, 5) is 51.2. The fourth-order valence-electron chi connectivity index (χ4n) is 10.9. The third-order valence-electron chi connectivity index (χ3n) is 14.0. The maximum atomic E-state index is 13.5. The number of amides is 3. The summed E-state index contributed by atoms with van der Waals surface area (Å²) >= 11 is 0. The van der Waals surface area contributed by atoms with Crippen molar-refractivity contribution < 1.29 is 24.2 Å². The maximum absolute atomic E-state index is 13.5. The van der Waals surface area contributed by atoms with Crippen molar-refractivity contribution >= 4 is 40.1 Å². The van der Waals surface area contributed by atoms with Crippen molar-refractivity contribution in [2.75, 3.05) is 55.6 Å².